The number of pyridine rings is 1. The van der Waals surface area contributed by atoms with Crippen LogP contribution in [0.1, 0.15) is 19.3 Å². The lowest BCUT2D eigenvalue weighted by atomic mass is 10.2. The van der Waals surface area contributed by atoms with Crippen molar-refractivity contribution in [1.82, 2.24) is 14.6 Å². The van der Waals surface area contributed by atoms with Gasteiger partial charge in [-0.25, -0.2) is 18.2 Å². The van der Waals surface area contributed by atoms with Crippen LogP contribution < -0.4 is 11.1 Å². The molecule has 0 spiro atoms. The second kappa shape index (κ2) is 7.75. The first-order chi connectivity index (χ1) is 10.9. The SMILES string of the molecule is NC(=O)NC(=O)CSc1ccc(S(=O)(=O)N2CCCCC2)cn1. The Morgan fingerprint density at radius 1 is 1.26 bits per heavy atom. The van der Waals surface area contributed by atoms with Gasteiger partial charge in [-0.15, -0.1) is 0 Å². The summed E-state index contributed by atoms with van der Waals surface area (Å²) in [5.74, 6) is -0.567. The molecule has 0 unspecified atom stereocenters. The van der Waals surface area contributed by atoms with Crippen LogP contribution in [0.4, 0.5) is 4.79 Å². The van der Waals surface area contributed by atoms with Gasteiger partial charge in [0.05, 0.1) is 10.8 Å². The Bertz CT molecular complexity index is 670. The molecule has 1 saturated heterocycles. The minimum Gasteiger partial charge on any atom is -0.351 e. The molecular formula is C13H18N4O4S2. The zero-order chi connectivity index (χ0) is 16.9. The highest BCUT2D eigenvalue weighted by molar-refractivity contribution is 7.99. The Balaban J connectivity index is 1.98. The molecule has 1 fully saturated rings. The molecule has 23 heavy (non-hydrogen) atoms. The van der Waals surface area contributed by atoms with Crippen molar-refractivity contribution in [3.63, 3.8) is 0 Å². The first-order valence-electron chi connectivity index (χ1n) is 7.08. The lowest BCUT2D eigenvalue weighted by Gasteiger charge is -2.25. The molecule has 0 atom stereocenters. The lowest BCUT2D eigenvalue weighted by Crippen LogP contribution is -2.36. The van der Waals surface area contributed by atoms with Gasteiger partial charge in [0.15, 0.2) is 0 Å². The van der Waals surface area contributed by atoms with Crippen molar-refractivity contribution >= 4 is 33.7 Å². The van der Waals surface area contributed by atoms with Gasteiger partial charge < -0.3 is 5.73 Å². The first-order valence-corrected chi connectivity index (χ1v) is 9.50. The van der Waals surface area contributed by atoms with Crippen molar-refractivity contribution in [2.75, 3.05) is 18.8 Å². The van der Waals surface area contributed by atoms with E-state index in [1.807, 2.05) is 5.32 Å². The molecule has 0 aromatic carbocycles. The maximum atomic E-state index is 12.4. The molecule has 1 aliphatic rings. The highest BCUT2D eigenvalue weighted by atomic mass is 32.2. The minimum absolute atomic E-state index is 0.0336. The number of thioether (sulfide) groups is 1. The average Bonchev–Trinajstić information content (AvgIpc) is 2.53. The number of carbonyl (C=O) groups is 2. The molecule has 3 N–H and O–H groups in total. The molecule has 1 aromatic rings. The third-order valence-electron chi connectivity index (χ3n) is 3.28. The molecule has 3 amide bonds. The van der Waals surface area contributed by atoms with Crippen LogP contribution in [0.2, 0.25) is 0 Å². The van der Waals surface area contributed by atoms with Crippen LogP contribution in [0.25, 0.3) is 0 Å². The zero-order valence-corrected chi connectivity index (χ0v) is 14.0. The fraction of sp³-hybridized carbons (Fsp3) is 0.462. The Kier molecular flexibility index (Phi) is 5.97. The molecule has 10 heteroatoms. The number of rotatable bonds is 5. The molecule has 0 saturated carbocycles. The number of hydrogen-bond donors (Lipinski definition) is 2. The van der Waals surface area contributed by atoms with Gasteiger partial charge >= 0.3 is 6.03 Å². The van der Waals surface area contributed by atoms with E-state index in [0.29, 0.717) is 18.1 Å². The van der Waals surface area contributed by atoms with Crippen molar-refractivity contribution in [3.8, 4) is 0 Å². The number of aromatic nitrogens is 1. The zero-order valence-electron chi connectivity index (χ0n) is 12.4. The number of urea groups is 1. The van der Waals surface area contributed by atoms with E-state index in [4.69, 9.17) is 5.73 Å². The largest absolute Gasteiger partial charge is 0.351 e. The Hall–Kier alpha value is -1.65. The lowest BCUT2D eigenvalue weighted by molar-refractivity contribution is -0.117. The van der Waals surface area contributed by atoms with Crippen molar-refractivity contribution < 1.29 is 18.0 Å². The van der Waals surface area contributed by atoms with E-state index < -0.39 is 22.0 Å². The normalized spacial score (nSPS) is 16.0. The predicted molar refractivity (Wildman–Crippen MR) is 85.3 cm³/mol. The quantitative estimate of drug-likeness (QED) is 0.741. The third kappa shape index (κ3) is 4.91. The predicted octanol–water partition coefficient (Wildman–Crippen LogP) is 0.543. The minimum atomic E-state index is -3.50. The standard InChI is InChI=1S/C13H18N4O4S2/c14-13(19)16-11(18)9-22-12-5-4-10(8-15-12)23(20,21)17-6-2-1-3-7-17/h4-5,8H,1-3,6-7,9H2,(H3,14,16,18,19). The Labute approximate surface area is 138 Å². The van der Waals surface area contributed by atoms with Gasteiger partial charge in [0.25, 0.3) is 0 Å². The van der Waals surface area contributed by atoms with Crippen molar-refractivity contribution in [2.45, 2.75) is 29.2 Å². The highest BCUT2D eigenvalue weighted by Gasteiger charge is 2.26. The molecule has 1 aromatic heterocycles. The van der Waals surface area contributed by atoms with Crippen molar-refractivity contribution in [3.05, 3.63) is 18.3 Å². The summed E-state index contributed by atoms with van der Waals surface area (Å²) in [5.41, 5.74) is 4.83. The van der Waals surface area contributed by atoms with E-state index in [2.05, 4.69) is 4.98 Å². The van der Waals surface area contributed by atoms with E-state index in [0.717, 1.165) is 31.0 Å². The number of carbonyl (C=O) groups excluding carboxylic acids is 2. The Morgan fingerprint density at radius 3 is 2.52 bits per heavy atom. The number of nitrogens with zero attached hydrogens (tertiary/aromatic N) is 2. The molecule has 0 aliphatic carbocycles. The van der Waals surface area contributed by atoms with Crippen molar-refractivity contribution in [1.29, 1.82) is 0 Å². The summed E-state index contributed by atoms with van der Waals surface area (Å²) >= 11 is 1.09. The number of nitrogens with one attached hydrogen (secondary N) is 1. The van der Waals surface area contributed by atoms with Crippen LogP contribution in [0.3, 0.4) is 0 Å². The number of piperidine rings is 1. The second-order valence-electron chi connectivity index (χ2n) is 5.00. The summed E-state index contributed by atoms with van der Waals surface area (Å²) in [6.07, 6.45) is 4.08. The van der Waals surface area contributed by atoms with Gasteiger partial charge in [-0.1, -0.05) is 18.2 Å². The highest BCUT2D eigenvalue weighted by Crippen LogP contribution is 2.22. The number of amides is 3. The molecule has 8 nitrogen and oxygen atoms in total. The van der Waals surface area contributed by atoms with Gasteiger partial charge in [0, 0.05) is 19.3 Å². The van der Waals surface area contributed by atoms with Crippen LogP contribution in [0.5, 0.6) is 0 Å². The van der Waals surface area contributed by atoms with Crippen LogP contribution >= 0.6 is 11.8 Å². The first kappa shape index (κ1) is 17.7. The van der Waals surface area contributed by atoms with E-state index in [1.165, 1.54) is 16.6 Å². The summed E-state index contributed by atoms with van der Waals surface area (Å²) in [6.45, 7) is 1.07. The van der Waals surface area contributed by atoms with E-state index >= 15 is 0 Å². The number of nitrogens with two attached hydrogens (primary N) is 1. The number of primary amides is 1. The maximum Gasteiger partial charge on any atom is 0.318 e. The number of hydrogen-bond acceptors (Lipinski definition) is 6. The summed E-state index contributed by atoms with van der Waals surface area (Å²) in [4.78, 5) is 26.0. The molecule has 2 rings (SSSR count). The van der Waals surface area contributed by atoms with E-state index in [1.54, 1.807) is 6.07 Å². The number of imide groups is 1. The molecule has 1 aliphatic heterocycles. The summed E-state index contributed by atoms with van der Waals surface area (Å²) in [5, 5.41) is 2.43. The fourth-order valence-electron chi connectivity index (χ4n) is 2.17. The van der Waals surface area contributed by atoms with E-state index in [9.17, 15) is 18.0 Å². The maximum absolute atomic E-state index is 12.4. The average molecular weight is 358 g/mol. The van der Waals surface area contributed by atoms with Gasteiger partial charge in [-0.2, -0.15) is 4.31 Å². The molecule has 2 heterocycles. The second-order valence-corrected chi connectivity index (χ2v) is 7.93. The molecule has 0 radical (unpaired) electrons. The fourth-order valence-corrected chi connectivity index (χ4v) is 4.28. The number of sulfonamides is 1. The molecular weight excluding hydrogens is 340 g/mol. The monoisotopic (exact) mass is 358 g/mol. The summed E-state index contributed by atoms with van der Waals surface area (Å²) in [6, 6.07) is 2.11. The third-order valence-corrected chi connectivity index (χ3v) is 6.10. The summed E-state index contributed by atoms with van der Waals surface area (Å²) in [7, 11) is -3.50. The van der Waals surface area contributed by atoms with Crippen LogP contribution in [-0.2, 0) is 14.8 Å². The molecule has 126 valence electrons. The van der Waals surface area contributed by atoms with Gasteiger partial charge in [-0.05, 0) is 25.0 Å². The van der Waals surface area contributed by atoms with E-state index in [-0.39, 0.29) is 10.6 Å². The van der Waals surface area contributed by atoms with Crippen LogP contribution in [0.15, 0.2) is 28.3 Å². The topological polar surface area (TPSA) is 122 Å². The van der Waals surface area contributed by atoms with Gasteiger partial charge in [0.1, 0.15) is 4.90 Å². The summed E-state index contributed by atoms with van der Waals surface area (Å²) < 4.78 is 26.4. The van der Waals surface area contributed by atoms with Gasteiger partial charge in [-0.3, -0.25) is 10.1 Å². The van der Waals surface area contributed by atoms with Crippen LogP contribution in [-0.4, -0.2) is 48.5 Å². The van der Waals surface area contributed by atoms with Gasteiger partial charge in [0.2, 0.25) is 15.9 Å². The van der Waals surface area contributed by atoms with Crippen molar-refractivity contribution in [2.24, 2.45) is 5.73 Å². The molecule has 0 bridgehead atoms. The Morgan fingerprint density at radius 2 is 1.96 bits per heavy atom. The van der Waals surface area contributed by atoms with Crippen LogP contribution in [0, 0.1) is 0 Å². The smallest absolute Gasteiger partial charge is 0.318 e.